The second-order valence-corrected chi connectivity index (χ2v) is 4.49. The van der Waals surface area contributed by atoms with Gasteiger partial charge in [0.1, 0.15) is 0 Å². The second-order valence-electron chi connectivity index (χ2n) is 3.58. The molecule has 8 heteroatoms. The van der Waals surface area contributed by atoms with E-state index in [9.17, 15) is 22.0 Å². The van der Waals surface area contributed by atoms with Gasteiger partial charge in [0.05, 0.1) is 6.42 Å². The lowest BCUT2D eigenvalue weighted by atomic mass is 9.85. The van der Waals surface area contributed by atoms with Crippen LogP contribution in [0.15, 0.2) is 16.7 Å². The van der Waals surface area contributed by atoms with Crippen molar-refractivity contribution in [1.29, 1.82) is 0 Å². The zero-order valence-corrected chi connectivity index (χ0v) is 9.65. The lowest BCUT2D eigenvalue weighted by Gasteiger charge is -2.42. The van der Waals surface area contributed by atoms with Crippen LogP contribution in [0.25, 0.3) is 0 Å². The molecule has 1 aliphatic rings. The fraction of sp³-hybridized carbons (Fsp3) is 0.444. The van der Waals surface area contributed by atoms with Gasteiger partial charge >= 0.3 is 11.8 Å². The lowest BCUT2D eigenvalue weighted by Crippen LogP contribution is -2.64. The van der Waals surface area contributed by atoms with Gasteiger partial charge < -0.3 is 4.74 Å². The third-order valence-electron chi connectivity index (χ3n) is 2.36. The molecular weight excluding hydrogens is 313 g/mol. The highest BCUT2D eigenvalue weighted by molar-refractivity contribution is 9.10. The van der Waals surface area contributed by atoms with Gasteiger partial charge in [-0.05, 0) is 22.0 Å². The second kappa shape index (κ2) is 3.79. The molecule has 2 rings (SSSR count). The molecule has 0 radical (unpaired) electrons. The number of nitrogens with zero attached hydrogens (tertiary/aromatic N) is 1. The Balaban J connectivity index is 2.14. The highest BCUT2D eigenvalue weighted by Gasteiger charge is 2.73. The van der Waals surface area contributed by atoms with Gasteiger partial charge in [-0.15, -0.1) is 0 Å². The summed E-state index contributed by atoms with van der Waals surface area (Å²) >= 11 is 2.91. The zero-order valence-electron chi connectivity index (χ0n) is 8.06. The van der Waals surface area contributed by atoms with E-state index in [0.29, 0.717) is 0 Å². The number of aromatic nitrogens is 1. The van der Waals surface area contributed by atoms with Gasteiger partial charge in [0.2, 0.25) is 0 Å². The topological polar surface area (TPSA) is 22.1 Å². The van der Waals surface area contributed by atoms with Crippen LogP contribution >= 0.6 is 15.9 Å². The molecule has 0 bridgehead atoms. The van der Waals surface area contributed by atoms with Gasteiger partial charge in [-0.2, -0.15) is 17.6 Å². The molecule has 2 nitrogen and oxygen atoms in total. The molecule has 0 aliphatic heterocycles. The maximum atomic E-state index is 13.2. The number of halogens is 6. The molecule has 1 atom stereocenters. The van der Waals surface area contributed by atoms with E-state index in [1.54, 1.807) is 0 Å². The minimum atomic E-state index is -4.30. The Hall–Kier alpha value is -0.920. The van der Waals surface area contributed by atoms with Gasteiger partial charge in [-0.1, -0.05) is 0 Å². The van der Waals surface area contributed by atoms with Crippen LogP contribution in [0.5, 0.6) is 5.88 Å². The predicted molar refractivity (Wildman–Crippen MR) is 50.8 cm³/mol. The first-order valence-electron chi connectivity index (χ1n) is 4.47. The SMILES string of the molecule is Fc1cc(Br)cnc1OC1CC(F)(F)C1(F)F. The molecule has 1 aromatic heterocycles. The van der Waals surface area contributed by atoms with Crippen LogP contribution in [-0.4, -0.2) is 22.9 Å². The van der Waals surface area contributed by atoms with E-state index < -0.39 is 36.1 Å². The molecule has 1 aromatic rings. The molecule has 0 spiro atoms. The summed E-state index contributed by atoms with van der Waals surface area (Å²) < 4.78 is 68.5. The minimum Gasteiger partial charge on any atom is -0.465 e. The average Bonchev–Trinajstić information content (AvgIpc) is 2.20. The van der Waals surface area contributed by atoms with Crippen LogP contribution in [0.3, 0.4) is 0 Å². The van der Waals surface area contributed by atoms with Crippen molar-refractivity contribution in [3.8, 4) is 5.88 Å². The van der Waals surface area contributed by atoms with Gasteiger partial charge in [0, 0.05) is 10.7 Å². The van der Waals surface area contributed by atoms with Crippen LogP contribution < -0.4 is 4.74 Å². The fourth-order valence-corrected chi connectivity index (χ4v) is 1.64. The summed E-state index contributed by atoms with van der Waals surface area (Å²) in [6.45, 7) is 0. The van der Waals surface area contributed by atoms with Gasteiger partial charge in [-0.25, -0.2) is 9.37 Å². The molecular formula is C9H5BrF5NO. The molecule has 0 aromatic carbocycles. The van der Waals surface area contributed by atoms with Crippen molar-refractivity contribution in [1.82, 2.24) is 4.98 Å². The van der Waals surface area contributed by atoms with Crippen LogP contribution in [-0.2, 0) is 0 Å². The minimum absolute atomic E-state index is 0.285. The van der Waals surface area contributed by atoms with E-state index in [-0.39, 0.29) is 4.47 Å². The van der Waals surface area contributed by atoms with E-state index in [4.69, 9.17) is 0 Å². The van der Waals surface area contributed by atoms with Crippen LogP contribution in [0, 0.1) is 5.82 Å². The molecule has 17 heavy (non-hydrogen) atoms. The summed E-state index contributed by atoms with van der Waals surface area (Å²) in [6.07, 6.45) is -2.09. The normalized spacial score (nSPS) is 25.2. The largest absolute Gasteiger partial charge is 0.465 e. The Bertz CT molecular complexity index is 453. The van der Waals surface area contributed by atoms with Crippen molar-refractivity contribution < 1.29 is 26.7 Å². The maximum absolute atomic E-state index is 13.2. The number of ether oxygens (including phenoxy) is 1. The Kier molecular flexibility index (Phi) is 2.80. The summed E-state index contributed by atoms with van der Waals surface area (Å²) in [6, 6.07) is 0.942. The molecule has 1 unspecified atom stereocenters. The number of rotatable bonds is 2. The Morgan fingerprint density at radius 1 is 1.35 bits per heavy atom. The van der Waals surface area contributed by atoms with Crippen LogP contribution in [0.4, 0.5) is 22.0 Å². The molecule has 1 heterocycles. The Morgan fingerprint density at radius 3 is 2.47 bits per heavy atom. The van der Waals surface area contributed by atoms with Crippen molar-refractivity contribution in [3.05, 3.63) is 22.6 Å². The number of pyridine rings is 1. The summed E-state index contributed by atoms with van der Waals surface area (Å²) in [5.41, 5.74) is 0. The molecule has 1 fully saturated rings. The van der Waals surface area contributed by atoms with E-state index in [1.807, 2.05) is 0 Å². The standard InChI is InChI=1S/C9H5BrF5NO/c10-4-1-5(11)7(16-3-4)17-6-2-8(12,13)9(6,14)15/h1,3,6H,2H2. The van der Waals surface area contributed by atoms with Crippen molar-refractivity contribution in [2.24, 2.45) is 0 Å². The van der Waals surface area contributed by atoms with Crippen molar-refractivity contribution >= 4 is 15.9 Å². The summed E-state index contributed by atoms with van der Waals surface area (Å²) in [5, 5.41) is 0. The van der Waals surface area contributed by atoms with Gasteiger partial charge in [0.25, 0.3) is 5.88 Å². The lowest BCUT2D eigenvalue weighted by molar-refractivity contribution is -0.324. The third-order valence-corrected chi connectivity index (χ3v) is 2.80. The number of hydrogen-bond acceptors (Lipinski definition) is 2. The summed E-state index contributed by atoms with van der Waals surface area (Å²) in [5.74, 6) is -10.1. The first-order valence-corrected chi connectivity index (χ1v) is 5.27. The van der Waals surface area contributed by atoms with Gasteiger partial charge in [0.15, 0.2) is 11.9 Å². The van der Waals surface area contributed by atoms with Crippen molar-refractivity contribution in [3.63, 3.8) is 0 Å². The number of hydrogen-bond donors (Lipinski definition) is 0. The Labute approximate surface area is 101 Å². The third kappa shape index (κ3) is 1.98. The Morgan fingerprint density at radius 2 is 2.00 bits per heavy atom. The number of alkyl halides is 4. The molecule has 1 saturated carbocycles. The molecule has 94 valence electrons. The molecule has 0 N–H and O–H groups in total. The zero-order chi connectivity index (χ0) is 12.8. The van der Waals surface area contributed by atoms with Gasteiger partial charge in [-0.3, -0.25) is 0 Å². The summed E-state index contributed by atoms with van der Waals surface area (Å²) in [4.78, 5) is 3.39. The van der Waals surface area contributed by atoms with E-state index in [1.165, 1.54) is 0 Å². The van der Waals surface area contributed by atoms with E-state index in [0.717, 1.165) is 12.3 Å². The van der Waals surface area contributed by atoms with Crippen LogP contribution in [0.1, 0.15) is 6.42 Å². The first-order chi connectivity index (χ1) is 7.74. The predicted octanol–water partition coefficient (Wildman–Crippen LogP) is 3.40. The first kappa shape index (κ1) is 12.5. The van der Waals surface area contributed by atoms with Crippen molar-refractivity contribution in [2.45, 2.75) is 24.4 Å². The average molecular weight is 318 g/mol. The highest BCUT2D eigenvalue weighted by atomic mass is 79.9. The van der Waals surface area contributed by atoms with E-state index in [2.05, 4.69) is 25.7 Å². The van der Waals surface area contributed by atoms with Crippen LogP contribution in [0.2, 0.25) is 0 Å². The molecule has 1 aliphatic carbocycles. The fourth-order valence-electron chi connectivity index (χ4n) is 1.34. The molecule has 0 amide bonds. The maximum Gasteiger partial charge on any atom is 0.346 e. The van der Waals surface area contributed by atoms with Crippen molar-refractivity contribution in [2.75, 3.05) is 0 Å². The smallest absolute Gasteiger partial charge is 0.346 e. The quantitative estimate of drug-likeness (QED) is 0.780. The monoisotopic (exact) mass is 317 g/mol. The van der Waals surface area contributed by atoms with E-state index >= 15 is 0 Å². The highest BCUT2D eigenvalue weighted by Crippen LogP contribution is 2.52. The molecule has 0 saturated heterocycles. The summed E-state index contributed by atoms with van der Waals surface area (Å²) in [7, 11) is 0.